The Balaban J connectivity index is 2.04. The van der Waals surface area contributed by atoms with Crippen molar-refractivity contribution in [2.75, 3.05) is 19.0 Å². The number of nitrogens with zero attached hydrogens (tertiary/aromatic N) is 1. The van der Waals surface area contributed by atoms with E-state index in [9.17, 15) is 4.79 Å². The summed E-state index contributed by atoms with van der Waals surface area (Å²) in [6.45, 7) is 4.01. The Morgan fingerprint density at radius 1 is 1.40 bits per heavy atom. The van der Waals surface area contributed by atoms with Crippen molar-refractivity contribution in [1.82, 2.24) is 10.2 Å². The maximum absolute atomic E-state index is 12.2. The number of aromatic nitrogens is 2. The van der Waals surface area contributed by atoms with E-state index in [1.807, 2.05) is 32.0 Å². The molecule has 1 aliphatic heterocycles. The first kappa shape index (κ1) is 17.2. The van der Waals surface area contributed by atoms with E-state index in [-0.39, 0.29) is 23.0 Å². The smallest absolute Gasteiger partial charge is 0.238 e. The Bertz CT molecular complexity index is 841. The van der Waals surface area contributed by atoms with Gasteiger partial charge in [0.1, 0.15) is 6.61 Å². The number of H-pyrrole nitrogens is 1. The molecule has 2 atom stereocenters. The molecule has 1 aromatic carbocycles. The van der Waals surface area contributed by atoms with E-state index in [0.29, 0.717) is 17.3 Å². The average Bonchev–Trinajstić information content (AvgIpc) is 2.91. The van der Waals surface area contributed by atoms with Gasteiger partial charge in [0, 0.05) is 11.3 Å². The molecule has 130 valence electrons. The summed E-state index contributed by atoms with van der Waals surface area (Å²) in [5.41, 5.74) is 2.90. The molecule has 0 radical (unpaired) electrons. The largest absolute Gasteiger partial charge is 0.493 e. The summed E-state index contributed by atoms with van der Waals surface area (Å²) in [4.78, 5) is 12.2. The first-order valence-electron chi connectivity index (χ1n) is 7.80. The summed E-state index contributed by atoms with van der Waals surface area (Å²) in [6.07, 6.45) is 5.25. The van der Waals surface area contributed by atoms with Crippen molar-refractivity contribution >= 4 is 23.5 Å². The normalized spacial score (nSPS) is 19.4. The molecule has 0 saturated heterocycles. The number of nitrogens with one attached hydrogen (secondary N) is 2. The van der Waals surface area contributed by atoms with Gasteiger partial charge in [0.05, 0.1) is 17.6 Å². The zero-order valence-electron chi connectivity index (χ0n) is 14.3. The second kappa shape index (κ2) is 7.11. The van der Waals surface area contributed by atoms with Gasteiger partial charge in [-0.2, -0.15) is 5.10 Å². The number of thioether (sulfide) groups is 1. The molecule has 2 unspecified atom stereocenters. The quantitative estimate of drug-likeness (QED) is 0.823. The number of aryl methyl sites for hydroxylation is 1. The number of terminal acetylenes is 1. The van der Waals surface area contributed by atoms with Gasteiger partial charge in [0.25, 0.3) is 0 Å². The summed E-state index contributed by atoms with van der Waals surface area (Å²) >= 11 is 1.57. The molecular formula is C18H19N3O3S. The molecule has 2 heterocycles. The SMILES string of the molecule is C#CCOc1ccc(C2SC(C)C(=O)Nc3n[nH]c(C)c32)cc1OC. The highest BCUT2D eigenvalue weighted by atomic mass is 32.2. The molecule has 6 nitrogen and oxygen atoms in total. The molecule has 2 N–H and O–H groups in total. The number of carbonyl (C=O) groups is 1. The van der Waals surface area contributed by atoms with Gasteiger partial charge >= 0.3 is 0 Å². The third-order valence-corrected chi connectivity index (χ3v) is 5.41. The van der Waals surface area contributed by atoms with E-state index in [4.69, 9.17) is 15.9 Å². The minimum Gasteiger partial charge on any atom is -0.493 e. The molecule has 1 amide bonds. The van der Waals surface area contributed by atoms with Gasteiger partial charge in [0.15, 0.2) is 17.3 Å². The fourth-order valence-corrected chi connectivity index (χ4v) is 4.06. The second-order valence-corrected chi connectivity index (χ2v) is 7.11. The van der Waals surface area contributed by atoms with Crippen LogP contribution in [0.15, 0.2) is 18.2 Å². The van der Waals surface area contributed by atoms with E-state index in [2.05, 4.69) is 21.4 Å². The fourth-order valence-electron chi connectivity index (χ4n) is 2.74. The molecule has 0 saturated carbocycles. The van der Waals surface area contributed by atoms with E-state index < -0.39 is 0 Å². The van der Waals surface area contributed by atoms with Crippen molar-refractivity contribution in [2.45, 2.75) is 24.3 Å². The maximum atomic E-state index is 12.2. The van der Waals surface area contributed by atoms with Crippen LogP contribution in [0.1, 0.15) is 29.0 Å². The lowest BCUT2D eigenvalue weighted by Gasteiger charge is -2.19. The third kappa shape index (κ3) is 3.30. The monoisotopic (exact) mass is 357 g/mol. The highest BCUT2D eigenvalue weighted by Crippen LogP contribution is 2.46. The first-order chi connectivity index (χ1) is 12.0. The van der Waals surface area contributed by atoms with Crippen LogP contribution in [0.5, 0.6) is 11.5 Å². The number of hydrogen-bond donors (Lipinski definition) is 2. The molecule has 0 spiro atoms. The predicted octanol–water partition coefficient (Wildman–Crippen LogP) is 2.90. The van der Waals surface area contributed by atoms with Crippen molar-refractivity contribution < 1.29 is 14.3 Å². The highest BCUT2D eigenvalue weighted by molar-refractivity contribution is 8.01. The molecule has 1 aromatic heterocycles. The number of benzene rings is 1. The number of anilines is 1. The molecule has 0 aliphatic carbocycles. The Kier molecular flexibility index (Phi) is 4.91. The van der Waals surface area contributed by atoms with Crippen LogP contribution < -0.4 is 14.8 Å². The van der Waals surface area contributed by atoms with Crippen molar-refractivity contribution in [2.24, 2.45) is 0 Å². The van der Waals surface area contributed by atoms with Crippen LogP contribution in [0.4, 0.5) is 5.82 Å². The van der Waals surface area contributed by atoms with Crippen molar-refractivity contribution in [3.05, 3.63) is 35.0 Å². The van der Waals surface area contributed by atoms with E-state index in [1.54, 1.807) is 18.9 Å². The minimum absolute atomic E-state index is 0.0545. The molecule has 0 bridgehead atoms. The minimum atomic E-state index is -0.207. The zero-order valence-corrected chi connectivity index (χ0v) is 15.1. The molecule has 3 rings (SSSR count). The van der Waals surface area contributed by atoms with Gasteiger partial charge < -0.3 is 14.8 Å². The Hall–Kier alpha value is -2.59. The molecule has 7 heteroatoms. The van der Waals surface area contributed by atoms with Crippen LogP contribution in [0.3, 0.4) is 0 Å². The summed E-state index contributed by atoms with van der Waals surface area (Å²) in [5, 5.41) is 9.80. The second-order valence-electron chi connectivity index (χ2n) is 5.66. The Morgan fingerprint density at radius 3 is 2.92 bits per heavy atom. The number of methoxy groups -OCH3 is 1. The van der Waals surface area contributed by atoms with E-state index >= 15 is 0 Å². The number of aromatic amines is 1. The van der Waals surface area contributed by atoms with Gasteiger partial charge in [-0.05, 0) is 31.5 Å². The molecule has 0 fully saturated rings. The molecule has 1 aliphatic rings. The maximum Gasteiger partial charge on any atom is 0.238 e. The summed E-state index contributed by atoms with van der Waals surface area (Å²) < 4.78 is 11.0. The molecular weight excluding hydrogens is 338 g/mol. The van der Waals surface area contributed by atoms with Gasteiger partial charge in [-0.1, -0.05) is 12.0 Å². The fraction of sp³-hybridized carbons (Fsp3) is 0.333. The van der Waals surface area contributed by atoms with Crippen molar-refractivity contribution in [3.8, 4) is 23.8 Å². The van der Waals surface area contributed by atoms with Crippen molar-refractivity contribution in [3.63, 3.8) is 0 Å². The van der Waals surface area contributed by atoms with E-state index in [0.717, 1.165) is 16.8 Å². The molecule has 25 heavy (non-hydrogen) atoms. The highest BCUT2D eigenvalue weighted by Gasteiger charge is 2.32. The molecule has 2 aromatic rings. The zero-order chi connectivity index (χ0) is 18.0. The number of carbonyl (C=O) groups excluding carboxylic acids is 1. The summed E-state index contributed by atoms with van der Waals surface area (Å²) in [6, 6.07) is 5.72. The number of fused-ring (bicyclic) bond motifs is 1. The van der Waals surface area contributed by atoms with Gasteiger partial charge in [0.2, 0.25) is 5.91 Å². The van der Waals surface area contributed by atoms with Gasteiger partial charge in [-0.25, -0.2) is 0 Å². The first-order valence-corrected chi connectivity index (χ1v) is 8.74. The van der Waals surface area contributed by atoms with Crippen LogP contribution in [-0.4, -0.2) is 35.1 Å². The number of ether oxygens (including phenoxy) is 2. The number of rotatable bonds is 4. The lowest BCUT2D eigenvalue weighted by Crippen LogP contribution is -2.21. The van der Waals surface area contributed by atoms with Gasteiger partial charge in [-0.15, -0.1) is 18.2 Å². The lowest BCUT2D eigenvalue weighted by atomic mass is 10.0. The lowest BCUT2D eigenvalue weighted by molar-refractivity contribution is -0.115. The number of amides is 1. The van der Waals surface area contributed by atoms with Crippen LogP contribution in [0.2, 0.25) is 0 Å². The van der Waals surface area contributed by atoms with Crippen LogP contribution in [0, 0.1) is 19.3 Å². The Morgan fingerprint density at radius 2 is 2.20 bits per heavy atom. The Labute approximate surface area is 150 Å². The van der Waals surface area contributed by atoms with Crippen LogP contribution in [0.25, 0.3) is 0 Å². The predicted molar refractivity (Wildman–Crippen MR) is 98.2 cm³/mol. The average molecular weight is 357 g/mol. The third-order valence-electron chi connectivity index (χ3n) is 4.01. The summed E-state index contributed by atoms with van der Waals surface area (Å²) in [5.74, 6) is 4.16. The topological polar surface area (TPSA) is 76.2 Å². The van der Waals surface area contributed by atoms with Crippen LogP contribution >= 0.6 is 11.8 Å². The standard InChI is InChI=1S/C18H19N3O3S/c1-5-8-24-13-7-6-12(9-14(13)23-4)16-15-10(2)20-21-17(15)19-18(22)11(3)25-16/h1,6-7,9,11,16H,8H2,2-4H3,(H2,19,20,21,22). The van der Waals surface area contributed by atoms with E-state index in [1.165, 1.54) is 0 Å². The number of hydrogen-bond acceptors (Lipinski definition) is 5. The van der Waals surface area contributed by atoms with Gasteiger partial charge in [-0.3, -0.25) is 9.89 Å². The van der Waals surface area contributed by atoms with Crippen LogP contribution in [-0.2, 0) is 4.79 Å². The summed E-state index contributed by atoms with van der Waals surface area (Å²) in [7, 11) is 1.59. The van der Waals surface area contributed by atoms with Crippen molar-refractivity contribution in [1.29, 1.82) is 0 Å².